The predicted molar refractivity (Wildman–Crippen MR) is 85.0 cm³/mol. The average Bonchev–Trinajstić information content (AvgIpc) is 2.53. The van der Waals surface area contributed by atoms with E-state index in [0.717, 1.165) is 37.9 Å². The number of nitrogens with zero attached hydrogens (tertiary/aromatic N) is 4. The second-order valence-electron chi connectivity index (χ2n) is 5.46. The van der Waals surface area contributed by atoms with Crippen LogP contribution in [0.4, 0.5) is 11.9 Å². The topological polar surface area (TPSA) is 63.2 Å². The number of ether oxygens (including phenoxy) is 1. The Morgan fingerprint density at radius 3 is 2.52 bits per heavy atom. The summed E-state index contributed by atoms with van der Waals surface area (Å²) in [5.74, 6) is 2.18. The van der Waals surface area contributed by atoms with Gasteiger partial charge in [-0.2, -0.15) is 15.0 Å². The molecule has 0 aliphatic carbocycles. The Morgan fingerprint density at radius 1 is 1.14 bits per heavy atom. The molecule has 0 radical (unpaired) electrons. The zero-order valence-electron chi connectivity index (χ0n) is 13.4. The Hall–Kier alpha value is -1.59. The lowest BCUT2D eigenvalue weighted by atomic mass is 9.95. The van der Waals surface area contributed by atoms with Crippen molar-refractivity contribution in [3.05, 3.63) is 0 Å². The monoisotopic (exact) mass is 293 g/mol. The van der Waals surface area contributed by atoms with Gasteiger partial charge in [0.25, 0.3) is 0 Å². The lowest BCUT2D eigenvalue weighted by molar-refractivity contribution is 0.291. The van der Waals surface area contributed by atoms with E-state index in [1.807, 2.05) is 6.92 Å². The third-order valence-electron chi connectivity index (χ3n) is 3.85. The maximum absolute atomic E-state index is 5.59. The summed E-state index contributed by atoms with van der Waals surface area (Å²) in [6, 6.07) is 0.426. The normalized spacial score (nSPS) is 16.0. The summed E-state index contributed by atoms with van der Waals surface area (Å²) in [6.45, 7) is 9.82. The van der Waals surface area contributed by atoms with Crippen LogP contribution >= 0.6 is 0 Å². The number of aromatic nitrogens is 3. The standard InChI is InChI=1S/C15H27N5O/c1-4-11-21-15-18-13(16-6-3)17-14(19-15)20-9-7-12(5-2)8-10-20/h12H,4-11H2,1-3H3,(H,16,17,18,19). The smallest absolute Gasteiger partial charge is 0.323 e. The largest absolute Gasteiger partial charge is 0.463 e. The fourth-order valence-electron chi connectivity index (χ4n) is 2.52. The van der Waals surface area contributed by atoms with E-state index in [9.17, 15) is 0 Å². The Balaban J connectivity index is 2.11. The summed E-state index contributed by atoms with van der Waals surface area (Å²) in [5.41, 5.74) is 0. The second kappa shape index (κ2) is 8.00. The molecular formula is C15H27N5O. The second-order valence-corrected chi connectivity index (χ2v) is 5.46. The number of piperidine rings is 1. The van der Waals surface area contributed by atoms with Crippen LogP contribution in [0.1, 0.15) is 46.5 Å². The molecule has 1 aromatic heterocycles. The fraction of sp³-hybridized carbons (Fsp3) is 0.800. The number of hydrogen-bond acceptors (Lipinski definition) is 6. The molecule has 0 amide bonds. The van der Waals surface area contributed by atoms with Gasteiger partial charge < -0.3 is 15.0 Å². The highest BCUT2D eigenvalue weighted by Gasteiger charge is 2.21. The fourth-order valence-corrected chi connectivity index (χ4v) is 2.52. The third-order valence-corrected chi connectivity index (χ3v) is 3.85. The van der Waals surface area contributed by atoms with Gasteiger partial charge in [0.2, 0.25) is 11.9 Å². The molecule has 2 rings (SSSR count). The first-order valence-corrected chi connectivity index (χ1v) is 8.14. The molecule has 21 heavy (non-hydrogen) atoms. The molecule has 1 saturated heterocycles. The van der Waals surface area contributed by atoms with Crippen molar-refractivity contribution >= 4 is 11.9 Å². The molecule has 1 aliphatic rings. The molecule has 1 aliphatic heterocycles. The van der Waals surface area contributed by atoms with Gasteiger partial charge in [-0.3, -0.25) is 0 Å². The van der Waals surface area contributed by atoms with E-state index in [-0.39, 0.29) is 0 Å². The van der Waals surface area contributed by atoms with Gasteiger partial charge in [0.15, 0.2) is 0 Å². The summed E-state index contributed by atoms with van der Waals surface area (Å²) in [4.78, 5) is 15.5. The highest BCUT2D eigenvalue weighted by atomic mass is 16.5. The first-order chi connectivity index (χ1) is 10.3. The summed E-state index contributed by atoms with van der Waals surface area (Å²) in [5, 5.41) is 3.15. The first-order valence-electron chi connectivity index (χ1n) is 8.14. The average molecular weight is 293 g/mol. The van der Waals surface area contributed by atoms with E-state index in [1.165, 1.54) is 19.3 Å². The van der Waals surface area contributed by atoms with Crippen molar-refractivity contribution in [1.82, 2.24) is 15.0 Å². The van der Waals surface area contributed by atoms with E-state index in [1.54, 1.807) is 0 Å². The molecule has 1 fully saturated rings. The minimum atomic E-state index is 0.426. The van der Waals surface area contributed by atoms with Gasteiger partial charge in [-0.05, 0) is 32.1 Å². The van der Waals surface area contributed by atoms with Crippen LogP contribution in [0.25, 0.3) is 0 Å². The SMILES string of the molecule is CCCOc1nc(NCC)nc(N2CCC(CC)CC2)n1. The van der Waals surface area contributed by atoms with Crippen LogP contribution in [-0.4, -0.2) is 41.2 Å². The lowest BCUT2D eigenvalue weighted by Crippen LogP contribution is -2.35. The lowest BCUT2D eigenvalue weighted by Gasteiger charge is -2.31. The van der Waals surface area contributed by atoms with Gasteiger partial charge in [0, 0.05) is 19.6 Å². The van der Waals surface area contributed by atoms with E-state index in [0.29, 0.717) is 18.6 Å². The molecule has 0 aromatic carbocycles. The van der Waals surface area contributed by atoms with Crippen molar-refractivity contribution in [3.63, 3.8) is 0 Å². The minimum absolute atomic E-state index is 0.426. The van der Waals surface area contributed by atoms with Crippen LogP contribution < -0.4 is 15.0 Å². The molecule has 1 N–H and O–H groups in total. The van der Waals surface area contributed by atoms with Crippen LogP contribution in [-0.2, 0) is 0 Å². The highest BCUT2D eigenvalue weighted by Crippen LogP contribution is 2.24. The Bertz CT molecular complexity index is 432. The Labute approximate surface area is 127 Å². The van der Waals surface area contributed by atoms with Crippen molar-refractivity contribution in [2.45, 2.75) is 46.5 Å². The number of hydrogen-bond donors (Lipinski definition) is 1. The van der Waals surface area contributed by atoms with Crippen molar-refractivity contribution in [2.24, 2.45) is 5.92 Å². The molecule has 6 nitrogen and oxygen atoms in total. The van der Waals surface area contributed by atoms with E-state index in [4.69, 9.17) is 4.74 Å². The zero-order valence-corrected chi connectivity index (χ0v) is 13.4. The van der Waals surface area contributed by atoms with Gasteiger partial charge in [-0.1, -0.05) is 20.3 Å². The number of anilines is 2. The van der Waals surface area contributed by atoms with E-state index >= 15 is 0 Å². The zero-order chi connectivity index (χ0) is 15.1. The van der Waals surface area contributed by atoms with Crippen LogP contribution in [0.5, 0.6) is 6.01 Å². The molecule has 0 bridgehead atoms. The van der Waals surface area contributed by atoms with Gasteiger partial charge in [-0.15, -0.1) is 0 Å². The maximum Gasteiger partial charge on any atom is 0.323 e. The molecular weight excluding hydrogens is 266 g/mol. The maximum atomic E-state index is 5.59. The highest BCUT2D eigenvalue weighted by molar-refractivity contribution is 5.38. The van der Waals surface area contributed by atoms with Gasteiger partial charge >= 0.3 is 6.01 Å². The molecule has 6 heteroatoms. The van der Waals surface area contributed by atoms with Crippen molar-refractivity contribution in [3.8, 4) is 6.01 Å². The molecule has 1 aromatic rings. The van der Waals surface area contributed by atoms with E-state index in [2.05, 4.69) is 39.0 Å². The summed E-state index contributed by atoms with van der Waals surface area (Å²) in [6.07, 6.45) is 4.63. The molecule has 0 atom stereocenters. The van der Waals surface area contributed by atoms with Gasteiger partial charge in [0.1, 0.15) is 0 Å². The summed E-state index contributed by atoms with van der Waals surface area (Å²) in [7, 11) is 0. The third kappa shape index (κ3) is 4.44. The quantitative estimate of drug-likeness (QED) is 0.834. The molecule has 2 heterocycles. The molecule has 0 spiro atoms. The van der Waals surface area contributed by atoms with Gasteiger partial charge in [0.05, 0.1) is 6.61 Å². The van der Waals surface area contributed by atoms with Crippen molar-refractivity contribution < 1.29 is 4.74 Å². The van der Waals surface area contributed by atoms with Crippen molar-refractivity contribution in [1.29, 1.82) is 0 Å². The van der Waals surface area contributed by atoms with Crippen molar-refractivity contribution in [2.75, 3.05) is 36.5 Å². The van der Waals surface area contributed by atoms with Crippen LogP contribution in [0, 0.1) is 5.92 Å². The first kappa shape index (κ1) is 15.8. The van der Waals surface area contributed by atoms with Crippen LogP contribution in [0.2, 0.25) is 0 Å². The van der Waals surface area contributed by atoms with Crippen LogP contribution in [0.3, 0.4) is 0 Å². The summed E-state index contributed by atoms with van der Waals surface area (Å²) >= 11 is 0. The van der Waals surface area contributed by atoms with E-state index < -0.39 is 0 Å². The minimum Gasteiger partial charge on any atom is -0.463 e. The predicted octanol–water partition coefficient (Wildman–Crippen LogP) is 2.72. The molecule has 118 valence electrons. The Kier molecular flexibility index (Phi) is 6.02. The summed E-state index contributed by atoms with van der Waals surface area (Å²) < 4.78 is 5.59. The number of rotatable bonds is 7. The Morgan fingerprint density at radius 2 is 1.90 bits per heavy atom. The van der Waals surface area contributed by atoms with Crippen LogP contribution in [0.15, 0.2) is 0 Å². The number of nitrogens with one attached hydrogen (secondary N) is 1. The molecule has 0 saturated carbocycles. The van der Waals surface area contributed by atoms with Gasteiger partial charge in [-0.25, -0.2) is 0 Å². The molecule has 0 unspecified atom stereocenters.